The van der Waals surface area contributed by atoms with Crippen molar-refractivity contribution in [3.63, 3.8) is 0 Å². The van der Waals surface area contributed by atoms with Crippen molar-refractivity contribution in [1.82, 2.24) is 0 Å². The molecular weight excluding hydrogens is 246 g/mol. The van der Waals surface area contributed by atoms with E-state index in [0.717, 1.165) is 0 Å². The van der Waals surface area contributed by atoms with Crippen molar-refractivity contribution in [3.8, 4) is 0 Å². The van der Waals surface area contributed by atoms with Gasteiger partial charge in [-0.05, 0) is 36.4 Å². The van der Waals surface area contributed by atoms with Gasteiger partial charge in [0.1, 0.15) is 0 Å². The number of rotatable bonds is 4. The van der Waals surface area contributed by atoms with Crippen molar-refractivity contribution in [1.29, 1.82) is 0 Å². The molecule has 0 bridgehead atoms. The van der Waals surface area contributed by atoms with Crippen LogP contribution in [0.4, 0.5) is 0 Å². The maximum atomic E-state index is 11.7. The molecule has 2 rings (SSSR count). The molecule has 6 nitrogen and oxygen atoms in total. The maximum Gasteiger partial charge on any atom is 0.338 e. The molecule has 1 aliphatic rings. The topological polar surface area (TPSA) is 95.3 Å². The number of azide groups is 1. The summed E-state index contributed by atoms with van der Waals surface area (Å²) in [5.74, 6) is -0.333. The lowest BCUT2D eigenvalue weighted by Crippen LogP contribution is -2.15. The van der Waals surface area contributed by atoms with Gasteiger partial charge < -0.3 is 9.84 Å². The second kappa shape index (κ2) is 6.22. The number of hydrogen-bond acceptors (Lipinski definition) is 4. The van der Waals surface area contributed by atoms with Crippen LogP contribution < -0.4 is 0 Å². The predicted molar refractivity (Wildman–Crippen MR) is 68.4 cm³/mol. The zero-order valence-electron chi connectivity index (χ0n) is 10.3. The summed E-state index contributed by atoms with van der Waals surface area (Å²) in [5, 5.41) is 13.2. The molecule has 1 aromatic rings. The van der Waals surface area contributed by atoms with Crippen LogP contribution in [0, 0.1) is 5.92 Å². The lowest BCUT2D eigenvalue weighted by molar-refractivity contribution is 0.0431. The largest absolute Gasteiger partial charge is 0.462 e. The van der Waals surface area contributed by atoms with Crippen LogP contribution >= 0.6 is 0 Å². The zero-order valence-corrected chi connectivity index (χ0v) is 10.3. The number of carbonyl (C=O) groups excluding carboxylic acids is 1. The van der Waals surface area contributed by atoms with Crippen molar-refractivity contribution in [2.24, 2.45) is 11.0 Å². The van der Waals surface area contributed by atoms with Gasteiger partial charge in [0.15, 0.2) is 0 Å². The quantitative estimate of drug-likeness (QED) is 0.390. The van der Waals surface area contributed by atoms with E-state index in [1.165, 1.54) is 0 Å². The van der Waals surface area contributed by atoms with E-state index in [9.17, 15) is 9.90 Å². The van der Waals surface area contributed by atoms with E-state index in [0.29, 0.717) is 18.4 Å². The van der Waals surface area contributed by atoms with Crippen LogP contribution in [0.5, 0.6) is 0 Å². The van der Waals surface area contributed by atoms with Gasteiger partial charge in [0.05, 0.1) is 24.3 Å². The first-order valence-electron chi connectivity index (χ1n) is 6.15. The first-order chi connectivity index (χ1) is 9.20. The van der Waals surface area contributed by atoms with Crippen molar-refractivity contribution < 1.29 is 14.6 Å². The summed E-state index contributed by atoms with van der Waals surface area (Å²) in [4.78, 5) is 14.4. The average molecular weight is 261 g/mol. The molecular formula is C13H15N3O3. The molecule has 3 atom stereocenters. The minimum Gasteiger partial charge on any atom is -0.462 e. The zero-order chi connectivity index (χ0) is 13.7. The molecule has 0 radical (unpaired) electrons. The molecule has 1 saturated carbocycles. The molecule has 0 saturated heterocycles. The van der Waals surface area contributed by atoms with Gasteiger partial charge in [-0.3, -0.25) is 0 Å². The van der Waals surface area contributed by atoms with Gasteiger partial charge in [0.2, 0.25) is 0 Å². The second-order valence-electron chi connectivity index (χ2n) is 4.64. The van der Waals surface area contributed by atoms with E-state index in [2.05, 4.69) is 10.0 Å². The molecule has 0 aliphatic heterocycles. The van der Waals surface area contributed by atoms with Crippen LogP contribution in [0.3, 0.4) is 0 Å². The molecule has 1 aromatic carbocycles. The minimum atomic E-state index is -0.642. The van der Waals surface area contributed by atoms with Gasteiger partial charge >= 0.3 is 5.97 Å². The van der Waals surface area contributed by atoms with E-state index in [4.69, 9.17) is 10.3 Å². The Morgan fingerprint density at radius 1 is 1.42 bits per heavy atom. The van der Waals surface area contributed by atoms with Gasteiger partial charge in [0, 0.05) is 4.91 Å². The Kier molecular flexibility index (Phi) is 4.39. The molecule has 0 aromatic heterocycles. The molecule has 0 amide bonds. The second-order valence-corrected chi connectivity index (χ2v) is 4.64. The SMILES string of the molecule is [N-]=[N+]=N[C@@H]1C[C@H](COC(=O)c2ccccc2)C[C@H]1O. The summed E-state index contributed by atoms with van der Waals surface area (Å²) in [6.45, 7) is 0.238. The fourth-order valence-electron chi connectivity index (χ4n) is 2.27. The summed E-state index contributed by atoms with van der Waals surface area (Å²) in [7, 11) is 0. The lowest BCUT2D eigenvalue weighted by atomic mass is 10.1. The van der Waals surface area contributed by atoms with Crippen LogP contribution in [0.2, 0.25) is 0 Å². The molecule has 6 heteroatoms. The lowest BCUT2D eigenvalue weighted by Gasteiger charge is -2.10. The van der Waals surface area contributed by atoms with Crippen molar-refractivity contribution in [2.45, 2.75) is 25.0 Å². The van der Waals surface area contributed by atoms with E-state index < -0.39 is 12.1 Å². The summed E-state index contributed by atoms with van der Waals surface area (Å²) in [6.07, 6.45) is 0.398. The highest BCUT2D eigenvalue weighted by molar-refractivity contribution is 5.89. The number of esters is 1. The van der Waals surface area contributed by atoms with Crippen LogP contribution in [-0.2, 0) is 4.74 Å². The number of ether oxygens (including phenoxy) is 1. The number of hydrogen-bond donors (Lipinski definition) is 1. The Balaban J connectivity index is 1.84. The number of aliphatic hydroxyl groups excluding tert-OH is 1. The van der Waals surface area contributed by atoms with Crippen LogP contribution in [0.15, 0.2) is 35.4 Å². The summed E-state index contributed by atoms with van der Waals surface area (Å²) in [6, 6.07) is 8.34. The van der Waals surface area contributed by atoms with Crippen molar-refractivity contribution >= 4 is 5.97 Å². The Bertz CT molecular complexity index is 485. The first-order valence-corrected chi connectivity index (χ1v) is 6.15. The molecule has 1 fully saturated rings. The number of benzene rings is 1. The number of aliphatic hydroxyl groups is 1. The highest BCUT2D eigenvalue weighted by atomic mass is 16.5. The fraction of sp³-hybridized carbons (Fsp3) is 0.462. The smallest absolute Gasteiger partial charge is 0.338 e. The fourth-order valence-corrected chi connectivity index (χ4v) is 2.27. The van der Waals surface area contributed by atoms with Gasteiger partial charge in [-0.15, -0.1) is 0 Å². The van der Waals surface area contributed by atoms with Gasteiger partial charge in [0.25, 0.3) is 0 Å². The minimum absolute atomic E-state index is 0.0400. The van der Waals surface area contributed by atoms with E-state index >= 15 is 0 Å². The number of carbonyl (C=O) groups is 1. The summed E-state index contributed by atoms with van der Waals surface area (Å²) in [5.41, 5.74) is 8.87. The van der Waals surface area contributed by atoms with Gasteiger partial charge in [-0.1, -0.05) is 23.3 Å². The van der Waals surface area contributed by atoms with Crippen LogP contribution in [0.1, 0.15) is 23.2 Å². The third-order valence-electron chi connectivity index (χ3n) is 3.25. The van der Waals surface area contributed by atoms with Crippen molar-refractivity contribution in [2.75, 3.05) is 6.61 Å². The summed E-state index contributed by atoms with van der Waals surface area (Å²) < 4.78 is 5.20. The Hall–Kier alpha value is -2.04. The molecule has 1 aliphatic carbocycles. The van der Waals surface area contributed by atoms with Gasteiger partial charge in [-0.2, -0.15) is 0 Å². The summed E-state index contributed by atoms with van der Waals surface area (Å²) >= 11 is 0. The van der Waals surface area contributed by atoms with Gasteiger partial charge in [-0.25, -0.2) is 4.79 Å². The van der Waals surface area contributed by atoms with E-state index in [1.807, 2.05) is 6.07 Å². The Labute approximate surface area is 110 Å². The molecule has 0 unspecified atom stereocenters. The highest BCUT2D eigenvalue weighted by Crippen LogP contribution is 2.28. The third-order valence-corrected chi connectivity index (χ3v) is 3.25. The maximum absolute atomic E-state index is 11.7. The monoisotopic (exact) mass is 261 g/mol. The van der Waals surface area contributed by atoms with Crippen LogP contribution in [0.25, 0.3) is 10.4 Å². The Morgan fingerprint density at radius 2 is 2.16 bits per heavy atom. The first kappa shape index (κ1) is 13.4. The predicted octanol–water partition coefficient (Wildman–Crippen LogP) is 2.29. The molecule has 1 N–H and O–H groups in total. The normalized spacial score (nSPS) is 25.6. The Morgan fingerprint density at radius 3 is 2.84 bits per heavy atom. The third kappa shape index (κ3) is 3.47. The highest BCUT2D eigenvalue weighted by Gasteiger charge is 2.32. The average Bonchev–Trinajstić information content (AvgIpc) is 2.78. The number of nitrogens with zero attached hydrogens (tertiary/aromatic N) is 3. The molecule has 19 heavy (non-hydrogen) atoms. The molecule has 100 valence electrons. The van der Waals surface area contributed by atoms with E-state index in [1.54, 1.807) is 24.3 Å². The molecule has 0 heterocycles. The molecule has 0 spiro atoms. The van der Waals surface area contributed by atoms with Crippen molar-refractivity contribution in [3.05, 3.63) is 46.3 Å². The van der Waals surface area contributed by atoms with Crippen LogP contribution in [-0.4, -0.2) is 29.8 Å². The van der Waals surface area contributed by atoms with E-state index in [-0.39, 0.29) is 18.5 Å². The standard InChI is InChI=1S/C13H15N3O3/c14-16-15-11-6-9(7-12(11)17)8-19-13(18)10-4-2-1-3-5-10/h1-5,9,11-12,17H,6-8H2/t9-,11+,12+/m0/s1.